The lowest BCUT2D eigenvalue weighted by molar-refractivity contribution is 0.259. The Bertz CT molecular complexity index is 473. The number of hydrogen-bond acceptors (Lipinski definition) is 6. The van der Waals surface area contributed by atoms with Gasteiger partial charge in [-0.3, -0.25) is 0 Å². The van der Waals surface area contributed by atoms with Gasteiger partial charge in [-0.25, -0.2) is 4.79 Å². The van der Waals surface area contributed by atoms with E-state index in [4.69, 9.17) is 5.73 Å². The van der Waals surface area contributed by atoms with Crippen LogP contribution in [0.15, 0.2) is 44.9 Å². The lowest BCUT2D eigenvalue weighted by Crippen LogP contribution is -2.19. The van der Waals surface area contributed by atoms with Crippen molar-refractivity contribution >= 4 is 24.3 Å². The number of carbonyl (C=O) groups excluding carboxylic acids is 1. The van der Waals surface area contributed by atoms with Gasteiger partial charge in [-0.15, -0.1) is 22.9 Å². The molecule has 2 amide bonds. The zero-order valence-corrected chi connectivity index (χ0v) is 8.93. The smallest absolute Gasteiger partial charge is 0.316 e. The van der Waals surface area contributed by atoms with Crippen LogP contribution in [-0.2, 0) is 4.99 Å². The molecule has 3 N–H and O–H groups in total. The molecule has 0 bridgehead atoms. The molecular formula is C8H8N6OS. The van der Waals surface area contributed by atoms with Gasteiger partial charge in [0.2, 0.25) is 0 Å². The van der Waals surface area contributed by atoms with Gasteiger partial charge in [-0.1, -0.05) is 12.1 Å². The first-order valence-electron chi connectivity index (χ1n) is 4.33. The van der Waals surface area contributed by atoms with E-state index < -0.39 is 11.0 Å². The summed E-state index contributed by atoms with van der Waals surface area (Å²) in [7, 11) is 0. The minimum Gasteiger partial charge on any atom is -0.351 e. The number of amides is 2. The number of nitrogens with one attached hydrogen (secondary N) is 1. The molecule has 0 saturated carbocycles. The number of anilines is 1. The second-order valence-corrected chi connectivity index (χ2v) is 3.71. The van der Waals surface area contributed by atoms with Crippen LogP contribution in [-0.4, -0.2) is 6.03 Å². The number of nitrogens with two attached hydrogens (primary N) is 1. The number of thiol groups is 1. The highest BCUT2D eigenvalue weighted by atomic mass is 32.1. The van der Waals surface area contributed by atoms with Crippen LogP contribution in [0.25, 0.3) is 0 Å². The van der Waals surface area contributed by atoms with Gasteiger partial charge in [0.25, 0.3) is 4.99 Å². The second-order valence-electron chi connectivity index (χ2n) is 3.08. The molecule has 1 heterocycles. The molecule has 82 valence electrons. The zero-order chi connectivity index (χ0) is 11.6. The SMILES string of the molecule is NC(=O)Nc1cccc(C2(S)N=NN=N2)c1. The summed E-state index contributed by atoms with van der Waals surface area (Å²) in [6, 6.07) is 6.18. The number of rotatable bonds is 2. The van der Waals surface area contributed by atoms with Crippen molar-refractivity contribution in [1.82, 2.24) is 0 Å². The monoisotopic (exact) mass is 236 g/mol. The molecule has 0 saturated heterocycles. The fourth-order valence-corrected chi connectivity index (χ4v) is 1.47. The van der Waals surface area contributed by atoms with Crippen LogP contribution >= 0.6 is 12.6 Å². The Labute approximate surface area is 96.2 Å². The normalized spacial score (nSPS) is 16.3. The van der Waals surface area contributed by atoms with Crippen molar-refractivity contribution < 1.29 is 4.79 Å². The van der Waals surface area contributed by atoms with Crippen molar-refractivity contribution in [2.24, 2.45) is 26.4 Å². The molecule has 8 heteroatoms. The predicted molar refractivity (Wildman–Crippen MR) is 60.0 cm³/mol. The third-order valence-electron chi connectivity index (χ3n) is 1.93. The Morgan fingerprint density at radius 1 is 1.38 bits per heavy atom. The molecule has 7 nitrogen and oxygen atoms in total. The quantitative estimate of drug-likeness (QED) is 0.672. The Hall–Kier alpha value is -1.96. The molecule has 0 aliphatic carbocycles. The maximum atomic E-state index is 10.7. The maximum Gasteiger partial charge on any atom is 0.316 e. The van der Waals surface area contributed by atoms with E-state index in [1.54, 1.807) is 24.3 Å². The largest absolute Gasteiger partial charge is 0.351 e. The van der Waals surface area contributed by atoms with Gasteiger partial charge in [-0.2, -0.15) is 0 Å². The molecule has 0 atom stereocenters. The Kier molecular flexibility index (Phi) is 2.57. The molecule has 0 radical (unpaired) electrons. The molecule has 16 heavy (non-hydrogen) atoms. The number of urea groups is 1. The van der Waals surface area contributed by atoms with E-state index >= 15 is 0 Å². The summed E-state index contributed by atoms with van der Waals surface area (Å²) in [5.74, 6) is 0. The van der Waals surface area contributed by atoms with E-state index in [1.165, 1.54) is 0 Å². The number of primary amides is 1. The predicted octanol–water partition coefficient (Wildman–Crippen LogP) is 2.05. The zero-order valence-electron chi connectivity index (χ0n) is 8.03. The first-order chi connectivity index (χ1) is 7.60. The second kappa shape index (κ2) is 3.89. The first-order valence-corrected chi connectivity index (χ1v) is 4.78. The van der Waals surface area contributed by atoms with Gasteiger partial charge in [-0.05, 0) is 22.6 Å². The van der Waals surface area contributed by atoms with Crippen molar-refractivity contribution in [3.63, 3.8) is 0 Å². The molecule has 0 spiro atoms. The highest BCUT2D eigenvalue weighted by Gasteiger charge is 2.30. The summed E-state index contributed by atoms with van der Waals surface area (Å²) in [4.78, 5) is 9.57. The molecule has 0 fully saturated rings. The van der Waals surface area contributed by atoms with E-state index in [0.29, 0.717) is 11.3 Å². The average Bonchev–Trinajstić information content (AvgIpc) is 2.66. The molecule has 2 rings (SSSR count). The number of nitrogens with zero attached hydrogens (tertiary/aromatic N) is 4. The molecular weight excluding hydrogens is 228 g/mol. The van der Waals surface area contributed by atoms with Crippen LogP contribution in [0, 0.1) is 0 Å². The minimum atomic E-state index is -1.12. The minimum absolute atomic E-state index is 0.538. The molecule has 1 aliphatic rings. The lowest BCUT2D eigenvalue weighted by atomic mass is 10.1. The van der Waals surface area contributed by atoms with Crippen molar-refractivity contribution in [2.75, 3.05) is 5.32 Å². The fraction of sp³-hybridized carbons (Fsp3) is 0.125. The van der Waals surface area contributed by atoms with Crippen molar-refractivity contribution in [1.29, 1.82) is 0 Å². The molecule has 0 aromatic heterocycles. The van der Waals surface area contributed by atoms with E-state index in [0.717, 1.165) is 0 Å². The summed E-state index contributed by atoms with van der Waals surface area (Å²) in [5, 5.41) is 16.8. The fourth-order valence-electron chi connectivity index (χ4n) is 1.25. The van der Waals surface area contributed by atoms with E-state index in [2.05, 4.69) is 38.6 Å². The third kappa shape index (κ3) is 2.01. The van der Waals surface area contributed by atoms with Gasteiger partial charge in [0.15, 0.2) is 0 Å². The van der Waals surface area contributed by atoms with Gasteiger partial charge < -0.3 is 11.1 Å². The summed E-state index contributed by atoms with van der Waals surface area (Å²) >= 11 is 4.24. The number of hydrogen-bond donors (Lipinski definition) is 3. The van der Waals surface area contributed by atoms with Crippen LogP contribution in [0.2, 0.25) is 0 Å². The van der Waals surface area contributed by atoms with Crippen molar-refractivity contribution in [3.8, 4) is 0 Å². The average molecular weight is 236 g/mol. The lowest BCUT2D eigenvalue weighted by Gasteiger charge is -2.13. The Morgan fingerprint density at radius 3 is 2.69 bits per heavy atom. The van der Waals surface area contributed by atoms with E-state index in [1.807, 2.05) is 0 Å². The highest BCUT2D eigenvalue weighted by Crippen LogP contribution is 2.36. The van der Waals surface area contributed by atoms with Crippen LogP contribution < -0.4 is 11.1 Å². The van der Waals surface area contributed by atoms with Crippen LogP contribution in [0.4, 0.5) is 10.5 Å². The standard InChI is InChI=1S/C8H8N6OS/c9-7(15)10-6-3-1-2-5(4-6)8(16)11-13-14-12-8/h1-4,16H,(H3,9,10,15). The Balaban J connectivity index is 2.32. The summed E-state index contributed by atoms with van der Waals surface area (Å²) < 4.78 is 0. The van der Waals surface area contributed by atoms with Gasteiger partial charge in [0.1, 0.15) is 0 Å². The van der Waals surface area contributed by atoms with Crippen molar-refractivity contribution in [2.45, 2.75) is 4.99 Å². The molecule has 1 aromatic carbocycles. The van der Waals surface area contributed by atoms with Gasteiger partial charge in [0.05, 0.1) is 0 Å². The van der Waals surface area contributed by atoms with E-state index in [-0.39, 0.29) is 0 Å². The molecule has 1 aromatic rings. The summed E-state index contributed by atoms with van der Waals surface area (Å²) in [6.45, 7) is 0. The number of carbonyl (C=O) groups is 1. The third-order valence-corrected chi connectivity index (χ3v) is 2.36. The number of benzene rings is 1. The highest BCUT2D eigenvalue weighted by molar-refractivity contribution is 7.81. The first kappa shape index (κ1) is 10.6. The van der Waals surface area contributed by atoms with Gasteiger partial charge >= 0.3 is 6.03 Å². The molecule has 0 unspecified atom stereocenters. The van der Waals surface area contributed by atoms with Gasteiger partial charge in [0, 0.05) is 11.3 Å². The van der Waals surface area contributed by atoms with Crippen molar-refractivity contribution in [3.05, 3.63) is 29.8 Å². The Morgan fingerprint density at radius 2 is 2.06 bits per heavy atom. The van der Waals surface area contributed by atoms with E-state index in [9.17, 15) is 4.79 Å². The van der Waals surface area contributed by atoms with Crippen LogP contribution in [0.3, 0.4) is 0 Å². The molecule has 1 aliphatic heterocycles. The van der Waals surface area contributed by atoms with Crippen LogP contribution in [0.5, 0.6) is 0 Å². The topological polar surface area (TPSA) is 105 Å². The summed E-state index contributed by atoms with van der Waals surface area (Å²) in [5.41, 5.74) is 6.19. The summed E-state index contributed by atoms with van der Waals surface area (Å²) in [6.07, 6.45) is 0. The maximum absolute atomic E-state index is 10.7. The van der Waals surface area contributed by atoms with Crippen LogP contribution in [0.1, 0.15) is 5.56 Å².